The van der Waals surface area contributed by atoms with Gasteiger partial charge < -0.3 is 10.6 Å². The molecule has 0 bridgehead atoms. The fourth-order valence-electron chi connectivity index (χ4n) is 2.30. The highest BCUT2D eigenvalue weighted by Crippen LogP contribution is 2.17. The van der Waals surface area contributed by atoms with Crippen LogP contribution in [0, 0.1) is 11.8 Å². The van der Waals surface area contributed by atoms with Crippen LogP contribution in [0.1, 0.15) is 39.5 Å². The van der Waals surface area contributed by atoms with E-state index in [1.54, 1.807) is 0 Å². The lowest BCUT2D eigenvalue weighted by Gasteiger charge is -2.32. The summed E-state index contributed by atoms with van der Waals surface area (Å²) in [6.07, 6.45) is 5.32. The number of nitrogens with zero attached hydrogens (tertiary/aromatic N) is 1. The normalized spacial score (nSPS) is 22.5. The van der Waals surface area contributed by atoms with Gasteiger partial charge in [0.25, 0.3) is 0 Å². The molecule has 0 radical (unpaired) electrons. The molecule has 1 heterocycles. The molecule has 2 nitrogen and oxygen atoms in total. The van der Waals surface area contributed by atoms with Crippen LogP contribution in [0.2, 0.25) is 0 Å². The summed E-state index contributed by atoms with van der Waals surface area (Å²) in [5.74, 6) is 1.67. The number of hydrogen-bond donors (Lipinski definition) is 1. The Morgan fingerprint density at radius 2 is 2.00 bits per heavy atom. The minimum atomic E-state index is 0.730. The van der Waals surface area contributed by atoms with E-state index < -0.39 is 0 Å². The molecule has 0 aromatic rings. The fourth-order valence-corrected chi connectivity index (χ4v) is 2.30. The summed E-state index contributed by atoms with van der Waals surface area (Å²) in [7, 11) is 0. The molecule has 0 spiro atoms. The third-order valence-corrected chi connectivity index (χ3v) is 3.42. The van der Waals surface area contributed by atoms with E-state index in [0.29, 0.717) is 0 Å². The quantitative estimate of drug-likeness (QED) is 0.733. The fraction of sp³-hybridized carbons (Fsp3) is 1.00. The second-order valence-corrected chi connectivity index (χ2v) is 4.87. The largest absolute Gasteiger partial charge is 0.330 e. The van der Waals surface area contributed by atoms with Crippen molar-refractivity contribution in [2.75, 3.05) is 26.2 Å². The van der Waals surface area contributed by atoms with Crippen molar-refractivity contribution < 1.29 is 0 Å². The lowest BCUT2D eigenvalue weighted by Crippen LogP contribution is -2.38. The van der Waals surface area contributed by atoms with Gasteiger partial charge in [-0.25, -0.2) is 0 Å². The van der Waals surface area contributed by atoms with E-state index in [2.05, 4.69) is 18.7 Å². The van der Waals surface area contributed by atoms with Gasteiger partial charge in [-0.05, 0) is 50.7 Å². The van der Waals surface area contributed by atoms with Gasteiger partial charge in [-0.2, -0.15) is 0 Å². The van der Waals surface area contributed by atoms with Gasteiger partial charge >= 0.3 is 0 Å². The molecular weight excluding hydrogens is 172 g/mol. The van der Waals surface area contributed by atoms with Gasteiger partial charge in [0.2, 0.25) is 0 Å². The van der Waals surface area contributed by atoms with Gasteiger partial charge in [0.05, 0.1) is 0 Å². The highest BCUT2D eigenvalue weighted by Gasteiger charge is 2.18. The second kappa shape index (κ2) is 6.41. The molecule has 0 aromatic heterocycles. The molecule has 1 aliphatic heterocycles. The minimum Gasteiger partial charge on any atom is -0.330 e. The molecular formula is C12H26N2. The number of piperidine rings is 1. The maximum atomic E-state index is 5.78. The monoisotopic (exact) mass is 198 g/mol. The zero-order valence-corrected chi connectivity index (χ0v) is 9.84. The molecule has 14 heavy (non-hydrogen) atoms. The van der Waals surface area contributed by atoms with Crippen molar-refractivity contribution in [3.05, 3.63) is 0 Å². The van der Waals surface area contributed by atoms with Gasteiger partial charge in [0.1, 0.15) is 0 Å². The van der Waals surface area contributed by atoms with Crippen molar-refractivity contribution in [2.24, 2.45) is 17.6 Å². The topological polar surface area (TPSA) is 29.3 Å². The zero-order chi connectivity index (χ0) is 10.4. The standard InChI is InChI=1S/C12H26N2/c1-3-4-12(9-13)10-14-7-5-11(2)6-8-14/h11-12H,3-10,13H2,1-2H3. The molecule has 0 saturated carbocycles. The van der Waals surface area contributed by atoms with E-state index in [4.69, 9.17) is 5.73 Å². The average molecular weight is 198 g/mol. The van der Waals surface area contributed by atoms with Crippen LogP contribution in [0.3, 0.4) is 0 Å². The van der Waals surface area contributed by atoms with Crippen LogP contribution in [0.5, 0.6) is 0 Å². The maximum absolute atomic E-state index is 5.78. The van der Waals surface area contributed by atoms with Gasteiger partial charge in [-0.15, -0.1) is 0 Å². The molecule has 1 aliphatic rings. The molecule has 0 aromatic carbocycles. The van der Waals surface area contributed by atoms with E-state index in [1.165, 1.54) is 45.3 Å². The van der Waals surface area contributed by atoms with Crippen molar-refractivity contribution in [3.8, 4) is 0 Å². The molecule has 2 N–H and O–H groups in total. The first-order valence-electron chi connectivity index (χ1n) is 6.18. The Balaban J connectivity index is 2.21. The lowest BCUT2D eigenvalue weighted by molar-refractivity contribution is 0.165. The van der Waals surface area contributed by atoms with E-state index in [1.807, 2.05) is 0 Å². The Bertz CT molecular complexity index is 139. The molecule has 1 saturated heterocycles. The third kappa shape index (κ3) is 3.97. The van der Waals surface area contributed by atoms with Gasteiger partial charge in [0, 0.05) is 6.54 Å². The molecule has 0 amide bonds. The average Bonchev–Trinajstić information content (AvgIpc) is 2.20. The van der Waals surface area contributed by atoms with Crippen LogP contribution in [-0.4, -0.2) is 31.1 Å². The highest BCUT2D eigenvalue weighted by atomic mass is 15.1. The van der Waals surface area contributed by atoms with Crippen molar-refractivity contribution >= 4 is 0 Å². The van der Waals surface area contributed by atoms with Crippen molar-refractivity contribution in [2.45, 2.75) is 39.5 Å². The zero-order valence-electron chi connectivity index (χ0n) is 9.84. The molecule has 1 unspecified atom stereocenters. The Hall–Kier alpha value is -0.0800. The number of likely N-dealkylation sites (tertiary alicyclic amines) is 1. The van der Waals surface area contributed by atoms with Crippen LogP contribution < -0.4 is 5.73 Å². The first-order valence-corrected chi connectivity index (χ1v) is 6.18. The highest BCUT2D eigenvalue weighted by molar-refractivity contribution is 4.72. The predicted molar refractivity (Wildman–Crippen MR) is 62.3 cm³/mol. The smallest absolute Gasteiger partial charge is 0.00217 e. The maximum Gasteiger partial charge on any atom is 0.00217 e. The summed E-state index contributed by atoms with van der Waals surface area (Å²) in [5, 5.41) is 0. The summed E-state index contributed by atoms with van der Waals surface area (Å²) in [6.45, 7) is 9.30. The Kier molecular flexibility index (Phi) is 5.49. The van der Waals surface area contributed by atoms with Crippen molar-refractivity contribution in [1.29, 1.82) is 0 Å². The number of hydrogen-bond acceptors (Lipinski definition) is 2. The predicted octanol–water partition coefficient (Wildman–Crippen LogP) is 2.09. The Morgan fingerprint density at radius 3 is 2.50 bits per heavy atom. The summed E-state index contributed by atoms with van der Waals surface area (Å²) in [6, 6.07) is 0. The summed E-state index contributed by atoms with van der Waals surface area (Å²) < 4.78 is 0. The summed E-state index contributed by atoms with van der Waals surface area (Å²) in [4.78, 5) is 2.60. The van der Waals surface area contributed by atoms with Crippen LogP contribution in [0.15, 0.2) is 0 Å². The van der Waals surface area contributed by atoms with Crippen LogP contribution in [-0.2, 0) is 0 Å². The third-order valence-electron chi connectivity index (χ3n) is 3.42. The number of rotatable bonds is 5. The van der Waals surface area contributed by atoms with E-state index in [9.17, 15) is 0 Å². The SMILES string of the molecule is CCCC(CN)CN1CCC(C)CC1. The van der Waals surface area contributed by atoms with E-state index in [0.717, 1.165) is 18.4 Å². The first-order chi connectivity index (χ1) is 6.76. The van der Waals surface area contributed by atoms with E-state index in [-0.39, 0.29) is 0 Å². The Morgan fingerprint density at radius 1 is 1.36 bits per heavy atom. The molecule has 2 heteroatoms. The molecule has 1 rings (SSSR count). The summed E-state index contributed by atoms with van der Waals surface area (Å²) >= 11 is 0. The Labute approximate surface area is 88.8 Å². The van der Waals surface area contributed by atoms with Gasteiger partial charge in [-0.1, -0.05) is 20.3 Å². The van der Waals surface area contributed by atoms with Gasteiger partial charge in [0.15, 0.2) is 0 Å². The van der Waals surface area contributed by atoms with Crippen molar-refractivity contribution in [3.63, 3.8) is 0 Å². The number of nitrogens with two attached hydrogens (primary N) is 1. The molecule has 1 atom stereocenters. The molecule has 0 aliphatic carbocycles. The van der Waals surface area contributed by atoms with Crippen LogP contribution >= 0.6 is 0 Å². The molecule has 1 fully saturated rings. The van der Waals surface area contributed by atoms with Crippen molar-refractivity contribution in [1.82, 2.24) is 4.90 Å². The minimum absolute atomic E-state index is 0.730. The first kappa shape index (κ1) is 12.0. The van der Waals surface area contributed by atoms with Crippen LogP contribution in [0.25, 0.3) is 0 Å². The lowest BCUT2D eigenvalue weighted by atomic mass is 9.97. The van der Waals surface area contributed by atoms with Gasteiger partial charge in [-0.3, -0.25) is 0 Å². The molecule has 84 valence electrons. The summed E-state index contributed by atoms with van der Waals surface area (Å²) in [5.41, 5.74) is 5.78. The second-order valence-electron chi connectivity index (χ2n) is 4.87. The van der Waals surface area contributed by atoms with Crippen LogP contribution in [0.4, 0.5) is 0 Å². The van der Waals surface area contributed by atoms with E-state index >= 15 is 0 Å².